The summed E-state index contributed by atoms with van der Waals surface area (Å²) in [4.78, 5) is 4.28. The van der Waals surface area contributed by atoms with E-state index in [4.69, 9.17) is 4.74 Å². The molecule has 2 aromatic rings. The normalized spacial score (nSPS) is 11.2. The summed E-state index contributed by atoms with van der Waals surface area (Å²) in [6.45, 7) is 0.460. The molecule has 112 valence electrons. The molecule has 0 amide bonds. The van der Waals surface area contributed by atoms with Crippen LogP contribution in [0.2, 0.25) is 0 Å². The first-order valence-electron chi connectivity index (χ1n) is 6.13. The van der Waals surface area contributed by atoms with Crippen molar-refractivity contribution in [3.05, 3.63) is 46.6 Å². The largest absolute Gasteiger partial charge is 0.496 e. The van der Waals surface area contributed by atoms with E-state index in [0.717, 1.165) is 15.8 Å². The van der Waals surface area contributed by atoms with Crippen LogP contribution < -0.4 is 10.1 Å². The Labute approximate surface area is 132 Å². The van der Waals surface area contributed by atoms with Crippen LogP contribution in [0.25, 0.3) is 0 Å². The first-order valence-corrected chi connectivity index (χ1v) is 8.81. The number of hydrogen-bond donors (Lipinski definition) is 1. The van der Waals surface area contributed by atoms with E-state index in [-0.39, 0.29) is 4.90 Å². The van der Waals surface area contributed by atoms with Crippen molar-refractivity contribution in [3.8, 4) is 5.75 Å². The molecule has 1 aromatic carbocycles. The first-order chi connectivity index (χ1) is 9.91. The molecule has 21 heavy (non-hydrogen) atoms. The van der Waals surface area contributed by atoms with Crippen molar-refractivity contribution in [2.75, 3.05) is 18.7 Å². The molecular weight excluding hydrogens is 356 g/mol. The molecule has 2 rings (SSSR count). The van der Waals surface area contributed by atoms with Crippen LogP contribution in [0.4, 0.5) is 5.82 Å². The van der Waals surface area contributed by atoms with E-state index in [9.17, 15) is 8.42 Å². The first kappa shape index (κ1) is 15.8. The van der Waals surface area contributed by atoms with Gasteiger partial charge in [0.15, 0.2) is 9.84 Å². The topological polar surface area (TPSA) is 68.3 Å². The molecule has 0 bridgehead atoms. The number of pyridine rings is 1. The lowest BCUT2D eigenvalue weighted by atomic mass is 10.2. The number of aromatic nitrogens is 1. The van der Waals surface area contributed by atoms with Crippen LogP contribution >= 0.6 is 15.9 Å². The third kappa shape index (κ3) is 3.95. The van der Waals surface area contributed by atoms with Gasteiger partial charge in [-0.3, -0.25) is 0 Å². The van der Waals surface area contributed by atoms with Gasteiger partial charge in [0, 0.05) is 19.0 Å². The van der Waals surface area contributed by atoms with Crippen molar-refractivity contribution in [1.29, 1.82) is 0 Å². The molecule has 5 nitrogen and oxygen atoms in total. The zero-order valence-electron chi connectivity index (χ0n) is 11.6. The Morgan fingerprint density at radius 2 is 2.10 bits per heavy atom. The van der Waals surface area contributed by atoms with Crippen LogP contribution in [-0.2, 0) is 16.4 Å². The van der Waals surface area contributed by atoms with Gasteiger partial charge in [-0.25, -0.2) is 13.4 Å². The molecule has 0 atom stereocenters. The van der Waals surface area contributed by atoms with Crippen molar-refractivity contribution in [2.24, 2.45) is 0 Å². The second kappa shape index (κ2) is 6.44. The van der Waals surface area contributed by atoms with E-state index in [1.54, 1.807) is 19.4 Å². The third-order valence-electron chi connectivity index (χ3n) is 2.85. The highest BCUT2D eigenvalue weighted by Crippen LogP contribution is 2.26. The van der Waals surface area contributed by atoms with Gasteiger partial charge in [0.1, 0.15) is 16.5 Å². The maximum atomic E-state index is 11.7. The Morgan fingerprint density at radius 3 is 2.71 bits per heavy atom. The van der Waals surface area contributed by atoms with Gasteiger partial charge in [-0.15, -0.1) is 0 Å². The second-order valence-electron chi connectivity index (χ2n) is 4.44. The molecule has 0 saturated heterocycles. The smallest absolute Gasteiger partial charge is 0.179 e. The van der Waals surface area contributed by atoms with Crippen LogP contribution in [-0.4, -0.2) is 26.8 Å². The fourth-order valence-electron chi connectivity index (χ4n) is 1.83. The van der Waals surface area contributed by atoms with Gasteiger partial charge in [0.2, 0.25) is 0 Å². The van der Waals surface area contributed by atoms with Crippen LogP contribution in [0.5, 0.6) is 5.75 Å². The van der Waals surface area contributed by atoms with E-state index in [0.29, 0.717) is 12.4 Å². The molecule has 1 aromatic heterocycles. The maximum absolute atomic E-state index is 11.7. The van der Waals surface area contributed by atoms with Crippen LogP contribution in [0.1, 0.15) is 5.56 Å². The minimum Gasteiger partial charge on any atom is -0.496 e. The van der Waals surface area contributed by atoms with Gasteiger partial charge in [-0.05, 0) is 45.8 Å². The highest BCUT2D eigenvalue weighted by atomic mass is 79.9. The van der Waals surface area contributed by atoms with E-state index in [1.807, 2.05) is 18.2 Å². The summed E-state index contributed by atoms with van der Waals surface area (Å²) in [5.41, 5.74) is 0.979. The summed E-state index contributed by atoms with van der Waals surface area (Å²) >= 11 is 3.42. The van der Waals surface area contributed by atoms with Gasteiger partial charge in [-0.1, -0.05) is 6.07 Å². The van der Waals surface area contributed by atoms with Crippen LogP contribution in [0.15, 0.2) is 45.9 Å². The number of ether oxygens (including phenoxy) is 1. The monoisotopic (exact) mass is 370 g/mol. The molecule has 0 aliphatic rings. The zero-order valence-corrected chi connectivity index (χ0v) is 14.0. The lowest BCUT2D eigenvalue weighted by Gasteiger charge is -2.10. The molecule has 0 radical (unpaired) electrons. The molecule has 0 spiro atoms. The third-order valence-corrected chi connectivity index (χ3v) is 4.59. The average molecular weight is 371 g/mol. The quantitative estimate of drug-likeness (QED) is 0.876. The predicted molar refractivity (Wildman–Crippen MR) is 85.4 cm³/mol. The minimum absolute atomic E-state index is 0.192. The SMILES string of the molecule is COc1ccc(CNc2ncccc2S(C)(=O)=O)cc1Br. The predicted octanol–water partition coefficient (Wildman–Crippen LogP) is 2.87. The standard InChI is InChI=1S/C14H15BrN2O3S/c1-20-12-6-5-10(8-11(12)15)9-17-14-13(21(2,18)19)4-3-7-16-14/h3-8H,9H2,1-2H3,(H,16,17). The summed E-state index contributed by atoms with van der Waals surface area (Å²) in [5, 5.41) is 3.05. The van der Waals surface area contributed by atoms with Crippen LogP contribution in [0, 0.1) is 0 Å². The molecular formula is C14H15BrN2O3S. The van der Waals surface area contributed by atoms with E-state index in [2.05, 4.69) is 26.2 Å². The number of sulfone groups is 1. The maximum Gasteiger partial charge on any atom is 0.179 e. The second-order valence-corrected chi connectivity index (χ2v) is 7.28. The number of nitrogens with zero attached hydrogens (tertiary/aromatic N) is 1. The molecule has 0 saturated carbocycles. The van der Waals surface area contributed by atoms with Gasteiger partial charge in [0.25, 0.3) is 0 Å². The molecule has 0 aliphatic carbocycles. The highest BCUT2D eigenvalue weighted by molar-refractivity contribution is 9.10. The Kier molecular flexibility index (Phi) is 4.84. The number of methoxy groups -OCH3 is 1. The molecule has 0 aliphatic heterocycles. The number of benzene rings is 1. The Hall–Kier alpha value is -1.60. The summed E-state index contributed by atoms with van der Waals surface area (Å²) < 4.78 is 29.4. The summed E-state index contributed by atoms with van der Waals surface area (Å²) in [5.74, 6) is 1.10. The van der Waals surface area contributed by atoms with E-state index >= 15 is 0 Å². The lowest BCUT2D eigenvalue weighted by molar-refractivity contribution is 0.412. The van der Waals surface area contributed by atoms with Crippen molar-refractivity contribution in [2.45, 2.75) is 11.4 Å². The van der Waals surface area contributed by atoms with Crippen molar-refractivity contribution >= 4 is 31.6 Å². The highest BCUT2D eigenvalue weighted by Gasteiger charge is 2.13. The minimum atomic E-state index is -3.31. The molecule has 1 heterocycles. The number of halogens is 1. The Bertz CT molecular complexity index is 748. The van der Waals surface area contributed by atoms with Gasteiger partial charge in [0.05, 0.1) is 11.6 Å². The fourth-order valence-corrected chi connectivity index (χ4v) is 3.22. The number of rotatable bonds is 5. The molecule has 7 heteroatoms. The Balaban J connectivity index is 2.19. The van der Waals surface area contributed by atoms with Crippen molar-refractivity contribution in [3.63, 3.8) is 0 Å². The summed E-state index contributed by atoms with van der Waals surface area (Å²) in [6, 6.07) is 8.80. The summed E-state index contributed by atoms with van der Waals surface area (Å²) in [7, 11) is -1.71. The number of anilines is 1. The lowest BCUT2D eigenvalue weighted by Crippen LogP contribution is -2.08. The van der Waals surface area contributed by atoms with Gasteiger partial charge < -0.3 is 10.1 Å². The molecule has 0 fully saturated rings. The number of hydrogen-bond acceptors (Lipinski definition) is 5. The molecule has 0 unspecified atom stereocenters. The van der Waals surface area contributed by atoms with Gasteiger partial charge in [-0.2, -0.15) is 0 Å². The Morgan fingerprint density at radius 1 is 1.33 bits per heavy atom. The number of nitrogens with one attached hydrogen (secondary N) is 1. The van der Waals surface area contributed by atoms with Crippen molar-refractivity contribution in [1.82, 2.24) is 4.98 Å². The van der Waals surface area contributed by atoms with Crippen LogP contribution in [0.3, 0.4) is 0 Å². The zero-order chi connectivity index (χ0) is 15.5. The average Bonchev–Trinajstić information content (AvgIpc) is 2.44. The fraction of sp³-hybridized carbons (Fsp3) is 0.214. The van der Waals surface area contributed by atoms with Crippen molar-refractivity contribution < 1.29 is 13.2 Å². The summed E-state index contributed by atoms with van der Waals surface area (Å²) in [6.07, 6.45) is 2.72. The van der Waals surface area contributed by atoms with E-state index in [1.165, 1.54) is 12.3 Å². The molecule has 1 N–H and O–H groups in total. The van der Waals surface area contributed by atoms with E-state index < -0.39 is 9.84 Å². The van der Waals surface area contributed by atoms with Gasteiger partial charge >= 0.3 is 0 Å².